The van der Waals surface area contributed by atoms with E-state index >= 15 is 0 Å². The minimum Gasteiger partial charge on any atom is -0.478 e. The number of carboxylic acids is 1. The van der Waals surface area contributed by atoms with Crippen molar-refractivity contribution < 1.29 is 18.3 Å². The van der Waals surface area contributed by atoms with Gasteiger partial charge >= 0.3 is 5.97 Å². The molecular formula is C24H30N4O4S. The van der Waals surface area contributed by atoms with E-state index in [1.54, 1.807) is 24.3 Å². The van der Waals surface area contributed by atoms with Crippen molar-refractivity contribution in [3.8, 4) is 0 Å². The lowest BCUT2D eigenvalue weighted by molar-refractivity contribution is 0.0697. The van der Waals surface area contributed by atoms with Gasteiger partial charge in [-0.2, -0.15) is 5.10 Å². The molecule has 176 valence electrons. The van der Waals surface area contributed by atoms with Crippen molar-refractivity contribution in [1.82, 2.24) is 9.78 Å². The van der Waals surface area contributed by atoms with Gasteiger partial charge in [-0.3, -0.25) is 9.40 Å². The lowest BCUT2D eigenvalue weighted by Crippen LogP contribution is -2.22. The third-order valence-electron chi connectivity index (χ3n) is 5.77. The number of carboxylic acid groups (broad SMARTS) is 1. The molecule has 1 heterocycles. The number of aryl methyl sites for hydroxylation is 3. The SMILES string of the molecule is Cc1cccc(S(=O)(=O)Nc2ccc(N(C)CCCc3c(C)nn(C)c3C)c(C(=O)O)c2)c1. The van der Waals surface area contributed by atoms with Crippen molar-refractivity contribution >= 4 is 27.4 Å². The second-order valence-corrected chi connectivity index (χ2v) is 9.94. The first-order valence-electron chi connectivity index (χ1n) is 10.7. The topological polar surface area (TPSA) is 105 Å². The molecule has 0 bridgehead atoms. The standard InChI is InChI=1S/C24H30N4O4S/c1-16-8-6-9-20(14-16)33(31,32)26-19-11-12-23(22(15-19)24(29)30)27(4)13-7-10-21-17(2)25-28(5)18(21)3/h6,8-9,11-12,14-15,26H,7,10,13H2,1-5H3,(H,29,30). The average molecular weight is 471 g/mol. The van der Waals surface area contributed by atoms with Crippen LogP contribution in [0.25, 0.3) is 0 Å². The van der Waals surface area contributed by atoms with Gasteiger partial charge in [0.2, 0.25) is 0 Å². The highest BCUT2D eigenvalue weighted by molar-refractivity contribution is 7.92. The minimum absolute atomic E-state index is 0.0377. The Morgan fingerprint density at radius 3 is 2.48 bits per heavy atom. The molecule has 3 rings (SSSR count). The van der Waals surface area contributed by atoms with Crippen LogP contribution >= 0.6 is 0 Å². The molecule has 0 aliphatic carbocycles. The maximum Gasteiger partial charge on any atom is 0.337 e. The zero-order valence-corrected chi connectivity index (χ0v) is 20.4. The number of nitrogens with one attached hydrogen (secondary N) is 1. The summed E-state index contributed by atoms with van der Waals surface area (Å²) in [6, 6.07) is 11.1. The molecule has 0 radical (unpaired) electrons. The fraction of sp³-hybridized carbons (Fsp3) is 0.333. The average Bonchev–Trinajstić information content (AvgIpc) is 2.99. The summed E-state index contributed by atoms with van der Waals surface area (Å²) >= 11 is 0. The van der Waals surface area contributed by atoms with Gasteiger partial charge in [-0.05, 0) is 75.1 Å². The van der Waals surface area contributed by atoms with E-state index in [0.717, 1.165) is 29.8 Å². The summed E-state index contributed by atoms with van der Waals surface area (Å²) in [6.07, 6.45) is 1.66. The molecule has 8 nitrogen and oxygen atoms in total. The first-order valence-corrected chi connectivity index (χ1v) is 12.1. The van der Waals surface area contributed by atoms with Crippen molar-refractivity contribution in [2.75, 3.05) is 23.2 Å². The predicted octanol–water partition coefficient (Wildman–Crippen LogP) is 3.91. The number of sulfonamides is 1. The summed E-state index contributed by atoms with van der Waals surface area (Å²) < 4.78 is 29.8. The molecule has 0 unspecified atom stereocenters. The third kappa shape index (κ3) is 5.54. The second kappa shape index (κ2) is 9.66. The van der Waals surface area contributed by atoms with Crippen molar-refractivity contribution in [3.63, 3.8) is 0 Å². The molecule has 3 aromatic rings. The maximum absolute atomic E-state index is 12.7. The highest BCUT2D eigenvalue weighted by Crippen LogP contribution is 2.26. The Labute approximate surface area is 194 Å². The van der Waals surface area contributed by atoms with Crippen molar-refractivity contribution in [3.05, 3.63) is 70.5 Å². The van der Waals surface area contributed by atoms with Crippen LogP contribution in [0.5, 0.6) is 0 Å². The van der Waals surface area contributed by atoms with E-state index in [4.69, 9.17) is 0 Å². The molecule has 0 amide bonds. The van der Waals surface area contributed by atoms with Gasteiger partial charge < -0.3 is 10.0 Å². The lowest BCUT2D eigenvalue weighted by Gasteiger charge is -2.22. The highest BCUT2D eigenvalue weighted by atomic mass is 32.2. The first-order chi connectivity index (χ1) is 15.5. The number of carbonyl (C=O) groups is 1. The van der Waals surface area contributed by atoms with Crippen LogP contribution in [0.3, 0.4) is 0 Å². The van der Waals surface area contributed by atoms with E-state index in [1.807, 2.05) is 50.5 Å². The van der Waals surface area contributed by atoms with E-state index in [1.165, 1.54) is 17.7 Å². The predicted molar refractivity (Wildman–Crippen MR) is 130 cm³/mol. The minimum atomic E-state index is -3.83. The van der Waals surface area contributed by atoms with Gasteiger partial charge in [0, 0.05) is 32.0 Å². The van der Waals surface area contributed by atoms with Gasteiger partial charge in [-0.15, -0.1) is 0 Å². The van der Waals surface area contributed by atoms with Crippen molar-refractivity contribution in [2.45, 2.75) is 38.5 Å². The Morgan fingerprint density at radius 2 is 1.88 bits per heavy atom. The third-order valence-corrected chi connectivity index (χ3v) is 7.15. The van der Waals surface area contributed by atoms with Crippen LogP contribution in [-0.4, -0.2) is 42.9 Å². The maximum atomic E-state index is 12.7. The van der Waals surface area contributed by atoms with E-state index in [-0.39, 0.29) is 16.1 Å². The van der Waals surface area contributed by atoms with E-state index in [2.05, 4.69) is 9.82 Å². The van der Waals surface area contributed by atoms with Gasteiger partial charge in [0.25, 0.3) is 10.0 Å². The number of hydrogen-bond acceptors (Lipinski definition) is 5. The summed E-state index contributed by atoms with van der Waals surface area (Å²) in [5.41, 5.74) is 4.94. The number of rotatable bonds is 9. The number of aromatic carboxylic acids is 1. The molecule has 0 aliphatic rings. The normalized spacial score (nSPS) is 11.4. The number of benzene rings is 2. The molecule has 0 aliphatic heterocycles. The molecule has 9 heteroatoms. The molecule has 2 N–H and O–H groups in total. The molecule has 0 fully saturated rings. The van der Waals surface area contributed by atoms with Crippen LogP contribution < -0.4 is 9.62 Å². The van der Waals surface area contributed by atoms with Gasteiger partial charge in [0.1, 0.15) is 0 Å². The molecule has 2 aromatic carbocycles. The monoisotopic (exact) mass is 470 g/mol. The van der Waals surface area contributed by atoms with Crippen LogP contribution in [0.15, 0.2) is 47.4 Å². The summed E-state index contributed by atoms with van der Waals surface area (Å²) in [5, 5.41) is 14.2. The van der Waals surface area contributed by atoms with Crippen molar-refractivity contribution in [1.29, 1.82) is 0 Å². The quantitative estimate of drug-likeness (QED) is 0.491. The molecule has 0 spiro atoms. The van der Waals surface area contributed by atoms with Crippen LogP contribution in [0.2, 0.25) is 0 Å². The molecular weight excluding hydrogens is 440 g/mol. The van der Waals surface area contributed by atoms with Crippen LogP contribution in [0, 0.1) is 20.8 Å². The summed E-state index contributed by atoms with van der Waals surface area (Å²) in [5.74, 6) is -1.12. The van der Waals surface area contributed by atoms with E-state index < -0.39 is 16.0 Å². The Balaban J connectivity index is 1.76. The fourth-order valence-corrected chi connectivity index (χ4v) is 5.05. The Kier molecular flexibility index (Phi) is 7.12. The fourth-order valence-electron chi connectivity index (χ4n) is 3.89. The van der Waals surface area contributed by atoms with Gasteiger partial charge in [0.15, 0.2) is 0 Å². The van der Waals surface area contributed by atoms with Crippen LogP contribution in [-0.2, 0) is 23.5 Å². The van der Waals surface area contributed by atoms with Gasteiger partial charge in [-0.1, -0.05) is 12.1 Å². The highest BCUT2D eigenvalue weighted by Gasteiger charge is 2.19. The Hall–Kier alpha value is -3.33. The largest absolute Gasteiger partial charge is 0.478 e. The molecule has 0 saturated heterocycles. The Bertz CT molecular complexity index is 1280. The van der Waals surface area contributed by atoms with Crippen LogP contribution in [0.1, 0.15) is 39.3 Å². The summed E-state index contributed by atoms with van der Waals surface area (Å²) in [7, 11) is -0.0697. The molecule has 0 saturated carbocycles. The number of anilines is 2. The molecule has 1 aromatic heterocycles. The van der Waals surface area contributed by atoms with E-state index in [0.29, 0.717) is 12.2 Å². The molecule has 0 atom stereocenters. The van der Waals surface area contributed by atoms with Crippen LogP contribution in [0.4, 0.5) is 11.4 Å². The second-order valence-electron chi connectivity index (χ2n) is 8.26. The summed E-state index contributed by atoms with van der Waals surface area (Å²) in [4.78, 5) is 13.9. The van der Waals surface area contributed by atoms with Gasteiger partial charge in [-0.25, -0.2) is 13.2 Å². The zero-order chi connectivity index (χ0) is 24.3. The Morgan fingerprint density at radius 1 is 1.15 bits per heavy atom. The smallest absolute Gasteiger partial charge is 0.337 e. The first kappa shape index (κ1) is 24.3. The van der Waals surface area contributed by atoms with Gasteiger partial charge in [0.05, 0.1) is 21.8 Å². The number of nitrogens with zero attached hydrogens (tertiary/aromatic N) is 3. The lowest BCUT2D eigenvalue weighted by atomic mass is 10.1. The van der Waals surface area contributed by atoms with Crippen molar-refractivity contribution in [2.24, 2.45) is 7.05 Å². The van der Waals surface area contributed by atoms with E-state index in [9.17, 15) is 18.3 Å². The number of aromatic nitrogens is 2. The molecule has 33 heavy (non-hydrogen) atoms. The number of hydrogen-bond donors (Lipinski definition) is 2. The zero-order valence-electron chi connectivity index (χ0n) is 19.6. The summed E-state index contributed by atoms with van der Waals surface area (Å²) in [6.45, 7) is 6.48.